The van der Waals surface area contributed by atoms with Crippen molar-refractivity contribution in [1.29, 1.82) is 0 Å². The van der Waals surface area contributed by atoms with Gasteiger partial charge in [0, 0.05) is 6.54 Å². The number of hydrogen-bond acceptors (Lipinski definition) is 3. The Kier molecular flexibility index (Phi) is 5.66. The van der Waals surface area contributed by atoms with Gasteiger partial charge in [-0.1, -0.05) is 29.8 Å². The number of fused-ring (bicyclic) bond motifs is 1. The molecular formula is C22H27ClN2O. The maximum absolute atomic E-state index is 6.50. The van der Waals surface area contributed by atoms with E-state index in [4.69, 9.17) is 16.3 Å². The Labute approximate surface area is 161 Å². The molecular weight excluding hydrogens is 344 g/mol. The van der Waals surface area contributed by atoms with Gasteiger partial charge in [-0.3, -0.25) is 0 Å². The molecule has 1 heterocycles. The van der Waals surface area contributed by atoms with Crippen molar-refractivity contribution in [2.75, 3.05) is 18.4 Å². The molecule has 2 aliphatic rings. The standard InChI is InChI=1S/C22H27ClN2O/c23-21-10-7-17-11-13-24-14-12-20(17)22(21)25-15-16-5-8-19(9-6-16)26-18-3-1-2-4-18/h5-10,18,24-25H,1-4,11-15H2. The van der Waals surface area contributed by atoms with Gasteiger partial charge in [-0.2, -0.15) is 0 Å². The lowest BCUT2D eigenvalue weighted by Crippen LogP contribution is -2.16. The van der Waals surface area contributed by atoms with Gasteiger partial charge in [-0.05, 0) is 86.5 Å². The van der Waals surface area contributed by atoms with Crippen molar-refractivity contribution in [1.82, 2.24) is 5.32 Å². The van der Waals surface area contributed by atoms with Crippen molar-refractivity contribution < 1.29 is 4.74 Å². The summed E-state index contributed by atoms with van der Waals surface area (Å²) in [5, 5.41) is 7.85. The Bertz CT molecular complexity index is 739. The summed E-state index contributed by atoms with van der Waals surface area (Å²) in [6.45, 7) is 2.82. The van der Waals surface area contributed by atoms with Crippen molar-refractivity contribution in [3.63, 3.8) is 0 Å². The number of ether oxygens (including phenoxy) is 1. The summed E-state index contributed by atoms with van der Waals surface area (Å²) in [6, 6.07) is 12.7. The van der Waals surface area contributed by atoms with Crippen molar-refractivity contribution >= 4 is 17.3 Å². The number of rotatable bonds is 5. The van der Waals surface area contributed by atoms with Gasteiger partial charge in [-0.25, -0.2) is 0 Å². The third-order valence-corrected chi connectivity index (χ3v) is 5.79. The third-order valence-electron chi connectivity index (χ3n) is 5.48. The molecule has 4 rings (SSSR count). The molecule has 1 saturated carbocycles. The highest BCUT2D eigenvalue weighted by atomic mass is 35.5. The van der Waals surface area contributed by atoms with E-state index in [1.54, 1.807) is 0 Å². The smallest absolute Gasteiger partial charge is 0.119 e. The quantitative estimate of drug-likeness (QED) is 0.780. The fourth-order valence-corrected chi connectivity index (χ4v) is 4.25. The normalized spacial score (nSPS) is 17.6. The van der Waals surface area contributed by atoms with Crippen molar-refractivity contribution in [2.24, 2.45) is 0 Å². The highest BCUT2D eigenvalue weighted by Crippen LogP contribution is 2.31. The summed E-state index contributed by atoms with van der Waals surface area (Å²) >= 11 is 6.50. The first-order chi connectivity index (χ1) is 12.8. The van der Waals surface area contributed by atoms with Gasteiger partial charge in [0.15, 0.2) is 0 Å². The van der Waals surface area contributed by atoms with Crippen LogP contribution >= 0.6 is 11.6 Å². The van der Waals surface area contributed by atoms with Gasteiger partial charge in [0.1, 0.15) is 5.75 Å². The number of anilines is 1. The average Bonchev–Trinajstić information content (AvgIpc) is 3.05. The van der Waals surface area contributed by atoms with Gasteiger partial charge in [0.2, 0.25) is 0 Å². The fraction of sp³-hybridized carbons (Fsp3) is 0.455. The Morgan fingerprint density at radius 1 is 1.00 bits per heavy atom. The summed E-state index contributed by atoms with van der Waals surface area (Å²) in [5.74, 6) is 0.985. The SMILES string of the molecule is Clc1ccc2c(c1NCc1ccc(OC3CCCC3)cc1)CCNCC2. The zero-order valence-corrected chi connectivity index (χ0v) is 15.9. The topological polar surface area (TPSA) is 33.3 Å². The van der Waals surface area contributed by atoms with Gasteiger partial charge in [-0.15, -0.1) is 0 Å². The molecule has 1 fully saturated rings. The Hall–Kier alpha value is -1.71. The Morgan fingerprint density at radius 2 is 1.77 bits per heavy atom. The van der Waals surface area contributed by atoms with E-state index in [9.17, 15) is 0 Å². The van der Waals surface area contributed by atoms with E-state index < -0.39 is 0 Å². The third kappa shape index (κ3) is 4.16. The first-order valence-electron chi connectivity index (χ1n) is 9.80. The van der Waals surface area contributed by atoms with E-state index in [-0.39, 0.29) is 0 Å². The molecule has 0 amide bonds. The first-order valence-corrected chi connectivity index (χ1v) is 10.2. The minimum atomic E-state index is 0.408. The summed E-state index contributed by atoms with van der Waals surface area (Å²) in [4.78, 5) is 0. The predicted molar refractivity (Wildman–Crippen MR) is 108 cm³/mol. The minimum absolute atomic E-state index is 0.408. The first kappa shape index (κ1) is 17.7. The summed E-state index contributed by atoms with van der Waals surface area (Å²) in [7, 11) is 0. The van der Waals surface area contributed by atoms with Crippen molar-refractivity contribution in [3.8, 4) is 5.75 Å². The van der Waals surface area contributed by atoms with E-state index in [0.29, 0.717) is 6.10 Å². The second-order valence-corrected chi connectivity index (χ2v) is 7.74. The summed E-state index contributed by atoms with van der Waals surface area (Å²) < 4.78 is 6.05. The highest BCUT2D eigenvalue weighted by molar-refractivity contribution is 6.33. The maximum Gasteiger partial charge on any atom is 0.119 e. The van der Waals surface area contributed by atoms with Crippen molar-refractivity contribution in [2.45, 2.75) is 51.2 Å². The predicted octanol–water partition coefficient (Wildman–Crippen LogP) is 4.96. The molecule has 0 atom stereocenters. The monoisotopic (exact) mass is 370 g/mol. The second kappa shape index (κ2) is 8.32. The molecule has 26 heavy (non-hydrogen) atoms. The van der Waals surface area contributed by atoms with Crippen LogP contribution in [0.1, 0.15) is 42.4 Å². The van der Waals surface area contributed by atoms with Crippen LogP contribution in [0, 0.1) is 0 Å². The van der Waals surface area contributed by atoms with E-state index >= 15 is 0 Å². The molecule has 2 aromatic rings. The minimum Gasteiger partial charge on any atom is -0.490 e. The molecule has 0 unspecified atom stereocenters. The molecule has 4 heteroatoms. The fourth-order valence-electron chi connectivity index (χ4n) is 4.01. The second-order valence-electron chi connectivity index (χ2n) is 7.33. The van der Waals surface area contributed by atoms with Crippen molar-refractivity contribution in [3.05, 3.63) is 58.1 Å². The Balaban J connectivity index is 1.42. The zero-order chi connectivity index (χ0) is 17.8. The Morgan fingerprint density at radius 3 is 2.58 bits per heavy atom. The van der Waals surface area contributed by atoms with Crippen LogP contribution in [0.3, 0.4) is 0 Å². The molecule has 1 aliphatic heterocycles. The zero-order valence-electron chi connectivity index (χ0n) is 15.2. The number of halogens is 1. The number of benzene rings is 2. The lowest BCUT2D eigenvalue weighted by molar-refractivity contribution is 0.210. The van der Waals surface area contributed by atoms with Crippen LogP contribution < -0.4 is 15.4 Å². The van der Waals surface area contributed by atoms with Crippen LogP contribution in [0.2, 0.25) is 5.02 Å². The lowest BCUT2D eigenvalue weighted by Gasteiger charge is -2.17. The largest absolute Gasteiger partial charge is 0.490 e. The van der Waals surface area contributed by atoms with Crippen LogP contribution in [0.5, 0.6) is 5.75 Å². The van der Waals surface area contributed by atoms with Gasteiger partial charge < -0.3 is 15.4 Å². The van der Waals surface area contributed by atoms with E-state index in [2.05, 4.69) is 41.0 Å². The van der Waals surface area contributed by atoms with E-state index in [1.165, 1.54) is 42.4 Å². The van der Waals surface area contributed by atoms with Crippen LogP contribution in [0.4, 0.5) is 5.69 Å². The van der Waals surface area contributed by atoms with Crippen LogP contribution in [0.15, 0.2) is 36.4 Å². The maximum atomic E-state index is 6.50. The molecule has 2 aromatic carbocycles. The van der Waals surface area contributed by atoms with Gasteiger partial charge in [0.25, 0.3) is 0 Å². The number of nitrogens with one attached hydrogen (secondary N) is 2. The average molecular weight is 371 g/mol. The van der Waals surface area contributed by atoms with Gasteiger partial charge in [0.05, 0.1) is 16.8 Å². The molecule has 0 saturated heterocycles. The van der Waals surface area contributed by atoms with Crippen LogP contribution in [-0.2, 0) is 19.4 Å². The van der Waals surface area contributed by atoms with E-state index in [0.717, 1.165) is 48.9 Å². The highest BCUT2D eigenvalue weighted by Gasteiger charge is 2.17. The molecule has 1 aliphatic carbocycles. The van der Waals surface area contributed by atoms with Crippen LogP contribution in [-0.4, -0.2) is 19.2 Å². The molecule has 0 bridgehead atoms. The molecule has 2 N–H and O–H groups in total. The molecule has 3 nitrogen and oxygen atoms in total. The number of hydrogen-bond donors (Lipinski definition) is 2. The van der Waals surface area contributed by atoms with E-state index in [1.807, 2.05) is 6.07 Å². The van der Waals surface area contributed by atoms with Gasteiger partial charge >= 0.3 is 0 Å². The summed E-state index contributed by atoms with van der Waals surface area (Å²) in [5.41, 5.74) is 5.11. The molecule has 138 valence electrons. The van der Waals surface area contributed by atoms with Crippen LogP contribution in [0.25, 0.3) is 0 Å². The molecule has 0 spiro atoms. The molecule has 0 radical (unpaired) electrons. The lowest BCUT2D eigenvalue weighted by atomic mass is 10.0. The molecule has 0 aromatic heterocycles. The summed E-state index contributed by atoms with van der Waals surface area (Å²) in [6.07, 6.45) is 7.47.